The molecule has 0 unspecified atom stereocenters. The molecule has 7 nitrogen and oxygen atoms in total. The van der Waals surface area contributed by atoms with Gasteiger partial charge in [0.05, 0.1) is 25.1 Å². The summed E-state index contributed by atoms with van der Waals surface area (Å²) in [4.78, 5) is 28.7. The van der Waals surface area contributed by atoms with Crippen LogP contribution < -0.4 is 5.32 Å². The van der Waals surface area contributed by atoms with Crippen molar-refractivity contribution < 1.29 is 23.5 Å². The lowest BCUT2D eigenvalue weighted by Crippen LogP contribution is -2.36. The van der Waals surface area contributed by atoms with E-state index in [1.807, 2.05) is 45.0 Å². The van der Waals surface area contributed by atoms with E-state index in [2.05, 4.69) is 10.3 Å². The normalized spacial score (nSPS) is 11.0. The third-order valence-electron chi connectivity index (χ3n) is 4.08. The maximum atomic E-state index is 12.3. The zero-order chi connectivity index (χ0) is 20.5. The number of hydrogen-bond acceptors (Lipinski definition) is 6. The van der Waals surface area contributed by atoms with E-state index in [9.17, 15) is 9.59 Å². The van der Waals surface area contributed by atoms with E-state index in [0.29, 0.717) is 30.6 Å². The van der Waals surface area contributed by atoms with Gasteiger partial charge in [-0.15, -0.1) is 0 Å². The van der Waals surface area contributed by atoms with Gasteiger partial charge in [-0.3, -0.25) is 9.59 Å². The predicted molar refractivity (Wildman–Crippen MR) is 105 cm³/mol. The summed E-state index contributed by atoms with van der Waals surface area (Å²) in [5.41, 5.74) is 2.54. The van der Waals surface area contributed by atoms with Gasteiger partial charge in [0.2, 0.25) is 11.8 Å². The van der Waals surface area contributed by atoms with E-state index in [1.165, 1.54) is 0 Å². The lowest BCUT2D eigenvalue weighted by atomic mass is 10.1. The van der Waals surface area contributed by atoms with Gasteiger partial charge in [-0.1, -0.05) is 17.7 Å². The van der Waals surface area contributed by atoms with Crippen LogP contribution in [0.5, 0.6) is 0 Å². The molecular formula is C21H28N2O5. The van der Waals surface area contributed by atoms with E-state index in [1.54, 1.807) is 6.92 Å². The number of amides is 1. The van der Waals surface area contributed by atoms with Gasteiger partial charge < -0.3 is 19.2 Å². The maximum absolute atomic E-state index is 12.3. The molecule has 0 saturated carbocycles. The monoisotopic (exact) mass is 388 g/mol. The third-order valence-corrected chi connectivity index (χ3v) is 4.08. The van der Waals surface area contributed by atoms with Crippen LogP contribution in [-0.4, -0.2) is 42.7 Å². The van der Waals surface area contributed by atoms with Gasteiger partial charge in [-0.2, -0.15) is 0 Å². The fourth-order valence-corrected chi connectivity index (χ4v) is 2.64. The molecule has 28 heavy (non-hydrogen) atoms. The highest BCUT2D eigenvalue weighted by atomic mass is 16.7. The molecule has 1 amide bonds. The molecule has 0 bridgehead atoms. The number of aryl methyl sites for hydroxylation is 2. The Labute approximate surface area is 165 Å². The van der Waals surface area contributed by atoms with Crippen molar-refractivity contribution >= 4 is 11.7 Å². The molecule has 2 rings (SSSR count). The molecule has 0 aliphatic heterocycles. The summed E-state index contributed by atoms with van der Waals surface area (Å²) in [5, 5.41) is 2.67. The SMILES string of the molecule is CCOC(CNC(=O)CC(=O)Cc1nc(-c2ccc(C)cc2)oc1C)OCC. The fourth-order valence-electron chi connectivity index (χ4n) is 2.64. The highest BCUT2D eigenvalue weighted by molar-refractivity contribution is 5.98. The third kappa shape index (κ3) is 6.58. The van der Waals surface area contributed by atoms with E-state index in [4.69, 9.17) is 13.9 Å². The Morgan fingerprint density at radius 3 is 2.36 bits per heavy atom. The number of benzene rings is 1. The largest absolute Gasteiger partial charge is 0.441 e. The van der Waals surface area contributed by atoms with Crippen molar-refractivity contribution in [3.63, 3.8) is 0 Å². The number of aromatic nitrogens is 1. The molecule has 0 radical (unpaired) electrons. The summed E-state index contributed by atoms with van der Waals surface area (Å²) < 4.78 is 16.4. The molecule has 1 heterocycles. The molecule has 1 N–H and O–H groups in total. The number of ketones is 1. The van der Waals surface area contributed by atoms with Crippen LogP contribution >= 0.6 is 0 Å². The molecule has 0 fully saturated rings. The fraction of sp³-hybridized carbons (Fsp3) is 0.476. The highest BCUT2D eigenvalue weighted by Crippen LogP contribution is 2.22. The maximum Gasteiger partial charge on any atom is 0.227 e. The smallest absolute Gasteiger partial charge is 0.227 e. The molecule has 7 heteroatoms. The second-order valence-corrected chi connectivity index (χ2v) is 6.42. The van der Waals surface area contributed by atoms with Crippen molar-refractivity contribution in [1.29, 1.82) is 0 Å². The molecule has 2 aromatic rings. The second-order valence-electron chi connectivity index (χ2n) is 6.42. The summed E-state index contributed by atoms with van der Waals surface area (Å²) in [6, 6.07) is 7.79. The minimum Gasteiger partial charge on any atom is -0.441 e. The number of carbonyl (C=O) groups excluding carboxylic acids is 2. The number of hydrogen-bond donors (Lipinski definition) is 1. The van der Waals surface area contributed by atoms with Gasteiger partial charge in [0.1, 0.15) is 11.5 Å². The molecule has 0 aliphatic rings. The number of rotatable bonds is 11. The van der Waals surface area contributed by atoms with Crippen LogP contribution in [0.1, 0.15) is 37.3 Å². The van der Waals surface area contributed by atoms with Crippen molar-refractivity contribution in [2.75, 3.05) is 19.8 Å². The topological polar surface area (TPSA) is 90.7 Å². The van der Waals surface area contributed by atoms with Crippen molar-refractivity contribution in [3.05, 3.63) is 41.3 Å². The van der Waals surface area contributed by atoms with Crippen molar-refractivity contribution in [3.8, 4) is 11.5 Å². The predicted octanol–water partition coefficient (Wildman–Crippen LogP) is 2.98. The van der Waals surface area contributed by atoms with Crippen LogP contribution in [0.4, 0.5) is 0 Å². The summed E-state index contributed by atoms with van der Waals surface area (Å²) >= 11 is 0. The number of nitrogens with one attached hydrogen (secondary N) is 1. The van der Waals surface area contributed by atoms with Gasteiger partial charge in [-0.25, -0.2) is 4.98 Å². The Balaban J connectivity index is 1.88. The van der Waals surface area contributed by atoms with E-state index in [0.717, 1.165) is 11.1 Å². The molecule has 152 valence electrons. The first-order valence-electron chi connectivity index (χ1n) is 9.47. The quantitative estimate of drug-likeness (QED) is 0.470. The van der Waals surface area contributed by atoms with Gasteiger partial charge in [0.15, 0.2) is 6.29 Å². The van der Waals surface area contributed by atoms with Gasteiger partial charge in [0, 0.05) is 18.8 Å². The molecule has 0 saturated heterocycles. The number of ether oxygens (including phenoxy) is 2. The van der Waals surface area contributed by atoms with E-state index >= 15 is 0 Å². The van der Waals surface area contributed by atoms with Gasteiger partial charge in [-0.05, 0) is 39.8 Å². The first kappa shape index (κ1) is 21.8. The van der Waals surface area contributed by atoms with Crippen LogP contribution in [0.2, 0.25) is 0 Å². The van der Waals surface area contributed by atoms with Crippen LogP contribution in [0.3, 0.4) is 0 Å². The van der Waals surface area contributed by atoms with Crippen LogP contribution in [0.25, 0.3) is 11.5 Å². The minimum absolute atomic E-state index is 0.0506. The van der Waals surface area contributed by atoms with Crippen LogP contribution in [0, 0.1) is 13.8 Å². The van der Waals surface area contributed by atoms with Crippen molar-refractivity contribution in [2.24, 2.45) is 0 Å². The Hall–Kier alpha value is -2.51. The lowest BCUT2D eigenvalue weighted by molar-refractivity contribution is -0.141. The Morgan fingerprint density at radius 2 is 1.75 bits per heavy atom. The first-order valence-corrected chi connectivity index (χ1v) is 9.47. The summed E-state index contributed by atoms with van der Waals surface area (Å²) in [5.74, 6) is 0.459. The van der Waals surface area contributed by atoms with Gasteiger partial charge in [0.25, 0.3) is 0 Å². The highest BCUT2D eigenvalue weighted by Gasteiger charge is 2.18. The molecule has 1 aromatic heterocycles. The number of nitrogens with zero attached hydrogens (tertiary/aromatic N) is 1. The molecule has 0 aliphatic carbocycles. The molecule has 1 aromatic carbocycles. The lowest BCUT2D eigenvalue weighted by Gasteiger charge is -2.17. The number of oxazole rings is 1. The van der Waals surface area contributed by atoms with Crippen molar-refractivity contribution in [1.82, 2.24) is 10.3 Å². The zero-order valence-corrected chi connectivity index (χ0v) is 16.9. The average molecular weight is 388 g/mol. The summed E-state index contributed by atoms with van der Waals surface area (Å²) in [7, 11) is 0. The van der Waals surface area contributed by atoms with Crippen LogP contribution in [-0.2, 0) is 25.5 Å². The summed E-state index contributed by atoms with van der Waals surface area (Å²) in [6.07, 6.45) is -0.685. The molecule has 0 spiro atoms. The zero-order valence-electron chi connectivity index (χ0n) is 16.9. The second kappa shape index (κ2) is 10.7. The van der Waals surface area contributed by atoms with Gasteiger partial charge >= 0.3 is 0 Å². The van der Waals surface area contributed by atoms with Crippen LogP contribution in [0.15, 0.2) is 28.7 Å². The number of carbonyl (C=O) groups is 2. The first-order chi connectivity index (χ1) is 13.4. The Morgan fingerprint density at radius 1 is 1.11 bits per heavy atom. The standard InChI is InChI=1S/C21H28N2O5/c1-5-26-20(27-6-2)13-22-19(25)12-17(24)11-18-15(4)28-21(23-18)16-9-7-14(3)8-10-16/h7-10,20H,5-6,11-13H2,1-4H3,(H,22,25). The van der Waals surface area contributed by atoms with E-state index in [-0.39, 0.29) is 31.1 Å². The molecule has 0 atom stereocenters. The average Bonchev–Trinajstić information content (AvgIpc) is 3.01. The Kier molecular flexibility index (Phi) is 8.35. The van der Waals surface area contributed by atoms with E-state index < -0.39 is 6.29 Å². The van der Waals surface area contributed by atoms with Crippen molar-refractivity contribution in [2.45, 2.75) is 46.8 Å². The number of Topliss-reactive ketones (excluding diaryl/α,β-unsaturated/α-hetero) is 1. The summed E-state index contributed by atoms with van der Waals surface area (Å²) in [6.45, 7) is 8.63. The Bertz CT molecular complexity index is 777. The minimum atomic E-state index is -0.510. The molecular weight excluding hydrogens is 360 g/mol.